The number of para-hydroxylation sites is 1. The second kappa shape index (κ2) is 6.64. The fraction of sp³-hybridized carbons (Fsp3) is 0.167. The van der Waals surface area contributed by atoms with Gasteiger partial charge in [0.1, 0.15) is 23.6 Å². The summed E-state index contributed by atoms with van der Waals surface area (Å²) in [5, 5.41) is 8.17. The average Bonchev–Trinajstić information content (AvgIpc) is 3.37. The van der Waals surface area contributed by atoms with Crippen LogP contribution in [0.15, 0.2) is 69.9 Å². The Labute approximate surface area is 143 Å². The van der Waals surface area contributed by atoms with Gasteiger partial charge in [0.25, 0.3) is 0 Å². The fourth-order valence-corrected chi connectivity index (χ4v) is 2.68. The van der Waals surface area contributed by atoms with Gasteiger partial charge in [0.2, 0.25) is 5.91 Å². The van der Waals surface area contributed by atoms with E-state index in [-0.39, 0.29) is 12.5 Å². The van der Waals surface area contributed by atoms with E-state index in [2.05, 4.69) is 10.3 Å². The van der Waals surface area contributed by atoms with Gasteiger partial charge < -0.3 is 13.7 Å². The van der Waals surface area contributed by atoms with Crippen molar-refractivity contribution in [3.63, 3.8) is 0 Å². The van der Waals surface area contributed by atoms with Crippen LogP contribution in [0.1, 0.15) is 11.5 Å². The summed E-state index contributed by atoms with van der Waals surface area (Å²) in [5.74, 6) is 1.33. The molecule has 0 radical (unpaired) electrons. The largest absolute Gasteiger partial charge is 0.467 e. The molecule has 0 saturated carbocycles. The Morgan fingerprint density at radius 3 is 2.28 bits per heavy atom. The lowest BCUT2D eigenvalue weighted by Crippen LogP contribution is -2.33. The molecule has 0 atom stereocenters. The summed E-state index contributed by atoms with van der Waals surface area (Å²) in [5.41, 5.74) is 1.59. The second-order valence-corrected chi connectivity index (χ2v) is 5.64. The maximum atomic E-state index is 12.9. The van der Waals surface area contributed by atoms with Gasteiger partial charge in [-0.15, -0.1) is 5.10 Å². The molecule has 0 aliphatic carbocycles. The van der Waals surface area contributed by atoms with E-state index < -0.39 is 0 Å². The number of fused-ring (bicyclic) bond motifs is 1. The zero-order valence-corrected chi connectivity index (χ0v) is 13.4. The summed E-state index contributed by atoms with van der Waals surface area (Å²) in [7, 11) is 0. The minimum absolute atomic E-state index is 0.0940. The Balaban J connectivity index is 1.56. The zero-order valence-electron chi connectivity index (χ0n) is 13.4. The molecule has 0 fully saturated rings. The Morgan fingerprint density at radius 2 is 1.64 bits per heavy atom. The van der Waals surface area contributed by atoms with Crippen molar-refractivity contribution in [3.8, 4) is 0 Å². The highest BCUT2D eigenvalue weighted by Gasteiger charge is 2.19. The number of hydrogen-bond acceptors (Lipinski definition) is 5. The number of nitrogens with zero attached hydrogens (tertiary/aromatic N) is 4. The Kier molecular flexibility index (Phi) is 4.04. The molecule has 0 bridgehead atoms. The molecule has 7 heteroatoms. The summed E-state index contributed by atoms with van der Waals surface area (Å²) in [4.78, 5) is 14.5. The van der Waals surface area contributed by atoms with Crippen LogP contribution in [-0.4, -0.2) is 25.8 Å². The molecule has 0 spiro atoms. The molecule has 3 aromatic heterocycles. The Hall–Kier alpha value is -3.35. The van der Waals surface area contributed by atoms with Crippen LogP contribution in [-0.2, 0) is 24.4 Å². The van der Waals surface area contributed by atoms with Crippen LogP contribution < -0.4 is 0 Å². The summed E-state index contributed by atoms with van der Waals surface area (Å²) in [6.07, 6.45) is 3.19. The molecule has 1 amide bonds. The highest BCUT2D eigenvalue weighted by atomic mass is 16.3. The molecule has 0 aliphatic rings. The third-order valence-corrected chi connectivity index (χ3v) is 3.91. The van der Waals surface area contributed by atoms with Crippen molar-refractivity contribution >= 4 is 16.9 Å². The molecule has 0 saturated heterocycles. The van der Waals surface area contributed by atoms with Crippen molar-refractivity contribution in [2.24, 2.45) is 0 Å². The summed E-state index contributed by atoms with van der Waals surface area (Å²) < 4.78 is 12.4. The standard InChI is InChI=1S/C18H16N4O3/c23-18(13-22-17-8-2-1-7-16(17)19-20-22)21(11-14-5-3-9-24-14)12-15-6-4-10-25-15/h1-10H,11-13H2. The molecule has 1 aromatic carbocycles. The first kappa shape index (κ1) is 15.2. The lowest BCUT2D eigenvalue weighted by atomic mass is 10.3. The Morgan fingerprint density at radius 1 is 0.960 bits per heavy atom. The van der Waals surface area contributed by atoms with Gasteiger partial charge >= 0.3 is 0 Å². The van der Waals surface area contributed by atoms with Crippen LogP contribution in [0.2, 0.25) is 0 Å². The number of aromatic nitrogens is 3. The number of furan rings is 2. The van der Waals surface area contributed by atoms with Gasteiger partial charge in [0.15, 0.2) is 0 Å². The minimum atomic E-state index is -0.0940. The smallest absolute Gasteiger partial charge is 0.245 e. The molecule has 126 valence electrons. The van der Waals surface area contributed by atoms with Crippen LogP contribution in [0.4, 0.5) is 0 Å². The number of carbonyl (C=O) groups is 1. The highest BCUT2D eigenvalue weighted by Crippen LogP contribution is 2.14. The minimum Gasteiger partial charge on any atom is -0.467 e. The molecule has 0 unspecified atom stereocenters. The summed E-state index contributed by atoms with van der Waals surface area (Å²) in [6, 6.07) is 14.8. The first-order valence-corrected chi connectivity index (χ1v) is 7.90. The topological polar surface area (TPSA) is 77.3 Å². The van der Waals surface area contributed by atoms with Gasteiger partial charge in [0, 0.05) is 0 Å². The number of amides is 1. The monoisotopic (exact) mass is 336 g/mol. The third kappa shape index (κ3) is 3.30. The molecular formula is C18H16N4O3. The average molecular weight is 336 g/mol. The first-order valence-electron chi connectivity index (χ1n) is 7.90. The number of benzene rings is 1. The molecule has 4 rings (SSSR count). The van der Waals surface area contributed by atoms with Gasteiger partial charge in [-0.1, -0.05) is 17.3 Å². The molecular weight excluding hydrogens is 320 g/mol. The maximum absolute atomic E-state index is 12.9. The Bertz CT molecular complexity index is 921. The van der Waals surface area contributed by atoms with Crippen molar-refractivity contribution in [2.75, 3.05) is 0 Å². The number of rotatable bonds is 6. The van der Waals surface area contributed by atoms with Crippen LogP contribution in [0.5, 0.6) is 0 Å². The van der Waals surface area contributed by atoms with E-state index in [1.54, 1.807) is 34.2 Å². The predicted octanol–water partition coefficient (Wildman–Crippen LogP) is 2.85. The molecule has 0 N–H and O–H groups in total. The van der Waals surface area contributed by atoms with Crippen LogP contribution in [0.3, 0.4) is 0 Å². The quantitative estimate of drug-likeness (QED) is 0.541. The van der Waals surface area contributed by atoms with Gasteiger partial charge in [0.05, 0.1) is 31.1 Å². The number of carbonyl (C=O) groups excluding carboxylic acids is 1. The predicted molar refractivity (Wildman–Crippen MR) is 89.2 cm³/mol. The van der Waals surface area contributed by atoms with Crippen molar-refractivity contribution in [2.45, 2.75) is 19.6 Å². The highest BCUT2D eigenvalue weighted by molar-refractivity contribution is 5.79. The van der Waals surface area contributed by atoms with Crippen molar-refractivity contribution in [3.05, 3.63) is 72.6 Å². The van der Waals surface area contributed by atoms with E-state index in [0.29, 0.717) is 24.6 Å². The van der Waals surface area contributed by atoms with Crippen molar-refractivity contribution in [1.82, 2.24) is 19.9 Å². The summed E-state index contributed by atoms with van der Waals surface area (Å²) in [6.45, 7) is 0.820. The van der Waals surface area contributed by atoms with Gasteiger partial charge in [-0.2, -0.15) is 0 Å². The van der Waals surface area contributed by atoms with Crippen molar-refractivity contribution < 1.29 is 13.6 Å². The van der Waals surface area contributed by atoms with E-state index in [0.717, 1.165) is 11.0 Å². The molecule has 7 nitrogen and oxygen atoms in total. The fourth-order valence-electron chi connectivity index (χ4n) is 2.68. The normalized spacial score (nSPS) is 11.0. The van der Waals surface area contributed by atoms with Crippen LogP contribution in [0, 0.1) is 0 Å². The molecule has 0 aliphatic heterocycles. The van der Waals surface area contributed by atoms with E-state index in [9.17, 15) is 4.79 Å². The van der Waals surface area contributed by atoms with E-state index >= 15 is 0 Å². The maximum Gasteiger partial charge on any atom is 0.245 e. The second-order valence-electron chi connectivity index (χ2n) is 5.64. The lowest BCUT2D eigenvalue weighted by molar-refractivity contribution is -0.133. The van der Waals surface area contributed by atoms with Gasteiger partial charge in [-0.3, -0.25) is 4.79 Å². The number of hydrogen-bond donors (Lipinski definition) is 0. The van der Waals surface area contributed by atoms with Crippen LogP contribution in [0.25, 0.3) is 11.0 Å². The third-order valence-electron chi connectivity index (χ3n) is 3.91. The van der Waals surface area contributed by atoms with E-state index in [1.807, 2.05) is 36.4 Å². The van der Waals surface area contributed by atoms with Crippen LogP contribution >= 0.6 is 0 Å². The summed E-state index contributed by atoms with van der Waals surface area (Å²) >= 11 is 0. The van der Waals surface area contributed by atoms with E-state index in [4.69, 9.17) is 8.83 Å². The lowest BCUT2D eigenvalue weighted by Gasteiger charge is -2.20. The van der Waals surface area contributed by atoms with E-state index in [1.165, 1.54) is 0 Å². The SMILES string of the molecule is O=C(Cn1nnc2ccccc21)N(Cc1ccco1)Cc1ccco1. The molecule has 3 heterocycles. The first-order chi connectivity index (χ1) is 12.3. The zero-order chi connectivity index (χ0) is 17.1. The molecule has 25 heavy (non-hydrogen) atoms. The van der Waals surface area contributed by atoms with Gasteiger partial charge in [-0.25, -0.2) is 4.68 Å². The van der Waals surface area contributed by atoms with Gasteiger partial charge in [-0.05, 0) is 36.4 Å². The van der Waals surface area contributed by atoms with Crippen molar-refractivity contribution in [1.29, 1.82) is 0 Å². The molecule has 4 aromatic rings.